The third-order valence-electron chi connectivity index (χ3n) is 2.81. The molecule has 0 atom stereocenters. The van der Waals surface area contributed by atoms with E-state index in [-0.39, 0.29) is 5.24 Å². The molecule has 0 unspecified atom stereocenters. The molecule has 4 nitrogen and oxygen atoms in total. The molecule has 2 rings (SSSR count). The van der Waals surface area contributed by atoms with Gasteiger partial charge in [-0.25, -0.2) is 4.79 Å². The van der Waals surface area contributed by atoms with E-state index in [9.17, 15) is 9.59 Å². The van der Waals surface area contributed by atoms with Crippen molar-refractivity contribution in [1.29, 1.82) is 0 Å². The summed E-state index contributed by atoms with van der Waals surface area (Å²) >= 11 is 1.10. The number of carbonyl (C=O) groups is 2. The Morgan fingerprint density at radius 3 is 2.19 bits per heavy atom. The Morgan fingerprint density at radius 1 is 1.00 bits per heavy atom. The minimum atomic E-state index is -0.438. The summed E-state index contributed by atoms with van der Waals surface area (Å²) in [5.74, 6) is 0.544. The summed E-state index contributed by atoms with van der Waals surface area (Å²) in [6, 6.07) is 18.3. The number of nitrogens with one attached hydrogen (secondary N) is 1. The van der Waals surface area contributed by atoms with Crippen LogP contribution in [-0.2, 0) is 5.75 Å². The number of para-hydroxylation sites is 1. The highest BCUT2D eigenvalue weighted by atomic mass is 32.2. The molecule has 0 aromatic heterocycles. The van der Waals surface area contributed by atoms with Crippen molar-refractivity contribution in [2.24, 2.45) is 0 Å². The van der Waals surface area contributed by atoms with Gasteiger partial charge in [0.1, 0.15) is 0 Å². The van der Waals surface area contributed by atoms with Gasteiger partial charge in [-0.15, -0.1) is 0 Å². The molecule has 1 N–H and O–H groups in total. The van der Waals surface area contributed by atoms with Crippen LogP contribution in [0.3, 0.4) is 0 Å². The predicted octanol–water partition coefficient (Wildman–Crippen LogP) is 4.20. The molecule has 0 spiro atoms. The summed E-state index contributed by atoms with van der Waals surface area (Å²) in [7, 11) is 1.47. The first-order valence-electron chi connectivity index (χ1n) is 6.47. The first-order valence-corrected chi connectivity index (χ1v) is 7.46. The molecule has 3 amide bonds. The Bertz CT molecular complexity index is 602. The largest absolute Gasteiger partial charge is 0.328 e. The Labute approximate surface area is 128 Å². The van der Waals surface area contributed by atoms with Gasteiger partial charge in [-0.2, -0.15) is 0 Å². The number of carbonyl (C=O) groups excluding carboxylic acids is 2. The summed E-state index contributed by atoms with van der Waals surface area (Å²) in [6.07, 6.45) is 0. The smallest absolute Gasteiger partial charge is 0.307 e. The summed E-state index contributed by atoms with van der Waals surface area (Å²) in [5.41, 5.74) is 1.71. The molecule has 0 aliphatic heterocycles. The summed E-state index contributed by atoms with van der Waals surface area (Å²) in [4.78, 5) is 25.0. The van der Waals surface area contributed by atoms with Crippen molar-refractivity contribution in [1.82, 2.24) is 4.90 Å². The van der Waals surface area contributed by atoms with Crippen molar-refractivity contribution in [2.75, 3.05) is 12.4 Å². The SMILES string of the molecule is CN(C(=O)Nc1ccccc1)C(=O)SCc1ccccc1. The molecule has 5 heteroatoms. The van der Waals surface area contributed by atoms with E-state index < -0.39 is 6.03 Å². The van der Waals surface area contributed by atoms with Crippen LogP contribution < -0.4 is 5.32 Å². The highest BCUT2D eigenvalue weighted by Crippen LogP contribution is 2.16. The van der Waals surface area contributed by atoms with Gasteiger partial charge >= 0.3 is 6.03 Å². The van der Waals surface area contributed by atoms with Crippen LogP contribution in [0.2, 0.25) is 0 Å². The van der Waals surface area contributed by atoms with Crippen LogP contribution in [0, 0.1) is 0 Å². The number of amides is 3. The molecule has 2 aromatic rings. The Kier molecular flexibility index (Phi) is 5.40. The molecule has 0 aliphatic carbocycles. The van der Waals surface area contributed by atoms with Crippen molar-refractivity contribution >= 4 is 28.7 Å². The fourth-order valence-electron chi connectivity index (χ4n) is 1.63. The maximum atomic E-state index is 12.0. The molecule has 0 saturated carbocycles. The molecular weight excluding hydrogens is 284 g/mol. The Hall–Kier alpha value is -2.27. The van der Waals surface area contributed by atoms with Gasteiger partial charge in [0.25, 0.3) is 5.24 Å². The second-order valence-electron chi connectivity index (χ2n) is 4.40. The first kappa shape index (κ1) is 15.1. The highest BCUT2D eigenvalue weighted by molar-refractivity contribution is 8.12. The fourth-order valence-corrected chi connectivity index (χ4v) is 2.39. The van der Waals surface area contributed by atoms with Crippen LogP contribution in [0.15, 0.2) is 60.7 Å². The van der Waals surface area contributed by atoms with Gasteiger partial charge in [-0.3, -0.25) is 9.69 Å². The van der Waals surface area contributed by atoms with Gasteiger partial charge in [0.05, 0.1) is 0 Å². The van der Waals surface area contributed by atoms with Gasteiger partial charge in [-0.1, -0.05) is 60.3 Å². The van der Waals surface area contributed by atoms with E-state index in [1.54, 1.807) is 12.1 Å². The van der Waals surface area contributed by atoms with Crippen LogP contribution in [0.25, 0.3) is 0 Å². The van der Waals surface area contributed by atoms with Crippen LogP contribution in [0.4, 0.5) is 15.3 Å². The van der Waals surface area contributed by atoms with Crippen molar-refractivity contribution in [3.05, 3.63) is 66.2 Å². The predicted molar refractivity (Wildman–Crippen MR) is 86.4 cm³/mol. The molecule has 0 bridgehead atoms. The zero-order chi connectivity index (χ0) is 15.1. The van der Waals surface area contributed by atoms with Crippen molar-refractivity contribution < 1.29 is 9.59 Å². The standard InChI is InChI=1S/C16H16N2O2S/c1-18(15(19)17-14-10-6-3-7-11-14)16(20)21-12-13-8-4-2-5-9-13/h2-11H,12H2,1H3,(H,17,19). The second kappa shape index (κ2) is 7.50. The van der Waals surface area contributed by atoms with Gasteiger partial charge in [0.2, 0.25) is 0 Å². The molecule has 21 heavy (non-hydrogen) atoms. The van der Waals surface area contributed by atoms with Gasteiger partial charge in [0.15, 0.2) is 0 Å². The monoisotopic (exact) mass is 300 g/mol. The van der Waals surface area contributed by atoms with Crippen LogP contribution in [0.1, 0.15) is 5.56 Å². The second-order valence-corrected chi connectivity index (χ2v) is 5.32. The zero-order valence-corrected chi connectivity index (χ0v) is 12.5. The molecular formula is C16H16N2O2S. The number of rotatable bonds is 3. The zero-order valence-electron chi connectivity index (χ0n) is 11.7. The molecule has 0 aliphatic rings. The average molecular weight is 300 g/mol. The number of thioether (sulfide) groups is 1. The van der Waals surface area contributed by atoms with Gasteiger partial charge < -0.3 is 5.32 Å². The van der Waals surface area contributed by atoms with E-state index in [1.165, 1.54) is 7.05 Å². The third-order valence-corrected chi connectivity index (χ3v) is 3.81. The van der Waals surface area contributed by atoms with E-state index in [0.29, 0.717) is 11.4 Å². The highest BCUT2D eigenvalue weighted by Gasteiger charge is 2.17. The lowest BCUT2D eigenvalue weighted by atomic mass is 10.2. The normalized spacial score (nSPS) is 9.95. The average Bonchev–Trinajstić information content (AvgIpc) is 2.53. The number of anilines is 1. The quantitative estimate of drug-likeness (QED) is 0.924. The Morgan fingerprint density at radius 2 is 1.57 bits per heavy atom. The fraction of sp³-hybridized carbons (Fsp3) is 0.125. The van der Waals surface area contributed by atoms with Gasteiger partial charge in [0, 0.05) is 18.5 Å². The molecule has 0 saturated heterocycles. The molecule has 0 fully saturated rings. The number of nitrogens with zero attached hydrogens (tertiary/aromatic N) is 1. The topological polar surface area (TPSA) is 49.4 Å². The van der Waals surface area contributed by atoms with Crippen LogP contribution in [-0.4, -0.2) is 23.2 Å². The number of hydrogen-bond acceptors (Lipinski definition) is 3. The number of benzene rings is 2. The molecule has 2 aromatic carbocycles. The van der Waals surface area contributed by atoms with E-state index >= 15 is 0 Å². The van der Waals surface area contributed by atoms with E-state index in [1.807, 2.05) is 48.5 Å². The van der Waals surface area contributed by atoms with E-state index in [0.717, 1.165) is 22.2 Å². The maximum Gasteiger partial charge on any atom is 0.328 e. The molecule has 0 heterocycles. The lowest BCUT2D eigenvalue weighted by molar-refractivity contribution is 0.217. The molecule has 0 radical (unpaired) electrons. The summed E-state index contributed by atoms with van der Waals surface area (Å²) in [5, 5.41) is 2.39. The summed E-state index contributed by atoms with van der Waals surface area (Å²) in [6.45, 7) is 0. The molecule has 108 valence electrons. The van der Waals surface area contributed by atoms with E-state index in [4.69, 9.17) is 0 Å². The number of hydrogen-bond donors (Lipinski definition) is 1. The van der Waals surface area contributed by atoms with Crippen molar-refractivity contribution in [2.45, 2.75) is 5.75 Å². The van der Waals surface area contributed by atoms with Crippen molar-refractivity contribution in [3.63, 3.8) is 0 Å². The third kappa shape index (κ3) is 4.65. The number of imide groups is 1. The minimum absolute atomic E-state index is 0.285. The lowest BCUT2D eigenvalue weighted by Gasteiger charge is -2.15. The van der Waals surface area contributed by atoms with Gasteiger partial charge in [-0.05, 0) is 17.7 Å². The maximum absolute atomic E-state index is 12.0. The minimum Gasteiger partial charge on any atom is -0.307 e. The summed E-state index contributed by atoms with van der Waals surface area (Å²) < 4.78 is 0. The van der Waals surface area contributed by atoms with Crippen molar-refractivity contribution in [3.8, 4) is 0 Å². The van der Waals surface area contributed by atoms with E-state index in [2.05, 4.69) is 5.32 Å². The first-order chi connectivity index (χ1) is 10.2. The number of urea groups is 1. The Balaban J connectivity index is 1.85. The van der Waals surface area contributed by atoms with Crippen LogP contribution >= 0.6 is 11.8 Å². The van der Waals surface area contributed by atoms with Crippen LogP contribution in [0.5, 0.6) is 0 Å². The lowest BCUT2D eigenvalue weighted by Crippen LogP contribution is -2.34.